The zero-order valence-electron chi connectivity index (χ0n) is 16.1. The summed E-state index contributed by atoms with van der Waals surface area (Å²) >= 11 is 7.42. The Morgan fingerprint density at radius 2 is 2.04 bits per heavy atom. The van der Waals surface area contributed by atoms with Gasteiger partial charge in [0.1, 0.15) is 10.8 Å². The van der Waals surface area contributed by atoms with Crippen LogP contribution in [-0.4, -0.2) is 25.1 Å². The highest BCUT2D eigenvalue weighted by molar-refractivity contribution is 7.17. The molecular weight excluding hydrogens is 398 g/mol. The summed E-state index contributed by atoms with van der Waals surface area (Å²) in [5.74, 6) is -0.0592. The first kappa shape index (κ1) is 20.7. The number of ether oxygens (including phenoxy) is 2. The van der Waals surface area contributed by atoms with E-state index in [0.717, 1.165) is 43.2 Å². The molecule has 0 radical (unpaired) electrons. The Bertz CT molecular complexity index is 878. The first-order chi connectivity index (χ1) is 13.5. The number of fused-ring (bicyclic) bond motifs is 1. The summed E-state index contributed by atoms with van der Waals surface area (Å²) in [6.45, 7) is 4.05. The Labute approximate surface area is 174 Å². The number of carbonyl (C=O) groups is 2. The van der Waals surface area contributed by atoms with Gasteiger partial charge in [-0.3, -0.25) is 4.79 Å². The molecule has 0 aliphatic heterocycles. The summed E-state index contributed by atoms with van der Waals surface area (Å²) in [7, 11) is 0. The molecule has 3 rings (SSSR count). The molecule has 0 spiro atoms. The zero-order valence-corrected chi connectivity index (χ0v) is 17.7. The molecule has 1 N–H and O–H groups in total. The van der Waals surface area contributed by atoms with Gasteiger partial charge in [0, 0.05) is 9.90 Å². The average Bonchev–Trinajstić information content (AvgIpc) is 3.03. The second-order valence-corrected chi connectivity index (χ2v) is 8.34. The lowest BCUT2D eigenvalue weighted by atomic mass is 9.95. The second kappa shape index (κ2) is 9.43. The Kier molecular flexibility index (Phi) is 6.97. The molecule has 28 heavy (non-hydrogen) atoms. The summed E-state index contributed by atoms with van der Waals surface area (Å²) in [5, 5.41) is 4.04. The van der Waals surface area contributed by atoms with E-state index in [0.29, 0.717) is 27.9 Å². The van der Waals surface area contributed by atoms with E-state index in [1.807, 2.05) is 13.8 Å². The van der Waals surface area contributed by atoms with E-state index >= 15 is 0 Å². The predicted molar refractivity (Wildman–Crippen MR) is 112 cm³/mol. The smallest absolute Gasteiger partial charge is 0.341 e. The summed E-state index contributed by atoms with van der Waals surface area (Å²) in [5.41, 5.74) is 2.40. The normalized spacial score (nSPS) is 13.0. The molecular formula is C21H24ClNO4S. The third-order valence-corrected chi connectivity index (χ3v) is 6.00. The van der Waals surface area contributed by atoms with Crippen LogP contribution in [0.2, 0.25) is 5.02 Å². The van der Waals surface area contributed by atoms with E-state index in [9.17, 15) is 9.59 Å². The van der Waals surface area contributed by atoms with Gasteiger partial charge in [-0.15, -0.1) is 11.3 Å². The van der Waals surface area contributed by atoms with Crippen LogP contribution in [0.1, 0.15) is 52.5 Å². The minimum Gasteiger partial charge on any atom is -0.483 e. The Morgan fingerprint density at radius 3 is 2.79 bits per heavy atom. The van der Waals surface area contributed by atoms with E-state index in [2.05, 4.69) is 5.32 Å². The monoisotopic (exact) mass is 421 g/mol. The molecule has 7 heteroatoms. The number of esters is 1. The van der Waals surface area contributed by atoms with E-state index in [4.69, 9.17) is 21.1 Å². The van der Waals surface area contributed by atoms with Crippen molar-refractivity contribution < 1.29 is 19.1 Å². The van der Waals surface area contributed by atoms with Crippen LogP contribution in [0.25, 0.3) is 0 Å². The van der Waals surface area contributed by atoms with Crippen LogP contribution in [0.4, 0.5) is 5.00 Å². The maximum atomic E-state index is 12.6. The number of amides is 1. The molecule has 1 heterocycles. The fraction of sp³-hybridized carbons (Fsp3) is 0.429. The molecule has 1 aliphatic carbocycles. The van der Waals surface area contributed by atoms with Gasteiger partial charge in [0.25, 0.3) is 5.91 Å². The number of nitrogens with one attached hydrogen (secondary N) is 1. The minimum atomic E-state index is -0.356. The van der Waals surface area contributed by atoms with Gasteiger partial charge < -0.3 is 14.8 Å². The number of benzene rings is 1. The molecule has 0 bridgehead atoms. The summed E-state index contributed by atoms with van der Waals surface area (Å²) in [4.78, 5) is 26.2. The number of carbonyl (C=O) groups excluding carboxylic acids is 2. The highest BCUT2D eigenvalue weighted by Gasteiger charge is 2.27. The van der Waals surface area contributed by atoms with Crippen LogP contribution in [0.5, 0.6) is 5.75 Å². The van der Waals surface area contributed by atoms with Crippen LogP contribution in [-0.2, 0) is 22.4 Å². The van der Waals surface area contributed by atoms with Crippen molar-refractivity contribution in [3.63, 3.8) is 0 Å². The molecule has 1 aromatic carbocycles. The molecule has 1 amide bonds. The van der Waals surface area contributed by atoms with Crippen LogP contribution in [0, 0.1) is 6.92 Å². The van der Waals surface area contributed by atoms with Gasteiger partial charge in [0.05, 0.1) is 12.2 Å². The van der Waals surface area contributed by atoms with Crippen molar-refractivity contribution in [3.05, 3.63) is 44.8 Å². The Morgan fingerprint density at radius 1 is 1.25 bits per heavy atom. The van der Waals surface area contributed by atoms with E-state index in [1.54, 1.807) is 18.2 Å². The van der Waals surface area contributed by atoms with Crippen molar-refractivity contribution in [1.29, 1.82) is 0 Å². The number of hydrogen-bond acceptors (Lipinski definition) is 5. The summed E-state index contributed by atoms with van der Waals surface area (Å²) in [6, 6.07) is 5.24. The number of rotatable bonds is 7. The molecule has 150 valence electrons. The van der Waals surface area contributed by atoms with Gasteiger partial charge in [-0.25, -0.2) is 4.79 Å². The first-order valence-electron chi connectivity index (χ1n) is 9.50. The Hall–Kier alpha value is -2.05. The number of aryl methyl sites for hydroxylation is 2. The van der Waals surface area contributed by atoms with Crippen molar-refractivity contribution in [2.75, 3.05) is 18.5 Å². The van der Waals surface area contributed by atoms with Gasteiger partial charge >= 0.3 is 5.97 Å². The molecule has 0 saturated carbocycles. The number of thiophene rings is 1. The van der Waals surface area contributed by atoms with Gasteiger partial charge in [-0.1, -0.05) is 18.5 Å². The Balaban J connectivity index is 1.72. The zero-order chi connectivity index (χ0) is 20.1. The van der Waals surface area contributed by atoms with Crippen LogP contribution < -0.4 is 10.1 Å². The average molecular weight is 422 g/mol. The number of hydrogen-bond donors (Lipinski definition) is 1. The quantitative estimate of drug-likeness (QED) is 0.626. The third-order valence-electron chi connectivity index (χ3n) is 4.56. The largest absolute Gasteiger partial charge is 0.483 e. The van der Waals surface area contributed by atoms with Gasteiger partial charge in [-0.2, -0.15) is 0 Å². The van der Waals surface area contributed by atoms with Gasteiger partial charge in [0.2, 0.25) is 0 Å². The molecule has 0 atom stereocenters. The van der Waals surface area contributed by atoms with Crippen LogP contribution in [0.15, 0.2) is 18.2 Å². The fourth-order valence-electron chi connectivity index (χ4n) is 3.22. The topological polar surface area (TPSA) is 64.6 Å². The first-order valence-corrected chi connectivity index (χ1v) is 10.7. The molecule has 0 saturated heterocycles. The number of anilines is 1. The van der Waals surface area contributed by atoms with Gasteiger partial charge in [0.15, 0.2) is 6.61 Å². The van der Waals surface area contributed by atoms with Crippen molar-refractivity contribution in [1.82, 2.24) is 0 Å². The van der Waals surface area contributed by atoms with Crippen LogP contribution >= 0.6 is 22.9 Å². The van der Waals surface area contributed by atoms with Crippen LogP contribution in [0.3, 0.4) is 0 Å². The minimum absolute atomic E-state index is 0.144. The van der Waals surface area contributed by atoms with Gasteiger partial charge in [-0.05, 0) is 68.4 Å². The standard InChI is InChI=1S/C21H24ClNO4S/c1-3-10-26-21(25)19-15-6-4-5-7-17(15)28-20(19)23-18(24)12-27-16-9-8-14(22)11-13(16)2/h8-9,11H,3-7,10,12H2,1-2H3,(H,23,24). The molecule has 1 aliphatic rings. The lowest BCUT2D eigenvalue weighted by Crippen LogP contribution is -2.21. The predicted octanol–water partition coefficient (Wildman–Crippen LogP) is 5.17. The second-order valence-electron chi connectivity index (χ2n) is 6.80. The maximum absolute atomic E-state index is 12.6. The van der Waals surface area contributed by atoms with Crippen molar-refractivity contribution in [2.24, 2.45) is 0 Å². The molecule has 0 unspecified atom stereocenters. The van der Waals surface area contributed by atoms with Crippen molar-refractivity contribution in [2.45, 2.75) is 46.0 Å². The van der Waals surface area contributed by atoms with Crippen molar-refractivity contribution in [3.8, 4) is 5.75 Å². The SMILES string of the molecule is CCCOC(=O)c1c(NC(=O)COc2ccc(Cl)cc2C)sc2c1CCCC2. The van der Waals surface area contributed by atoms with E-state index < -0.39 is 0 Å². The highest BCUT2D eigenvalue weighted by Crippen LogP contribution is 2.38. The molecule has 1 aromatic heterocycles. The maximum Gasteiger partial charge on any atom is 0.341 e. The highest BCUT2D eigenvalue weighted by atomic mass is 35.5. The molecule has 2 aromatic rings. The molecule has 0 fully saturated rings. The summed E-state index contributed by atoms with van der Waals surface area (Å²) in [6.07, 6.45) is 4.69. The van der Waals surface area contributed by atoms with Crippen molar-refractivity contribution >= 4 is 39.8 Å². The summed E-state index contributed by atoms with van der Waals surface area (Å²) < 4.78 is 11.0. The third kappa shape index (κ3) is 4.86. The number of halogens is 1. The van der Waals surface area contributed by atoms with E-state index in [-0.39, 0.29) is 18.5 Å². The lowest BCUT2D eigenvalue weighted by molar-refractivity contribution is -0.118. The molecule has 5 nitrogen and oxygen atoms in total. The lowest BCUT2D eigenvalue weighted by Gasteiger charge is -2.13. The fourth-order valence-corrected chi connectivity index (χ4v) is 4.74. The van der Waals surface area contributed by atoms with E-state index in [1.165, 1.54) is 16.2 Å².